The topological polar surface area (TPSA) is 422 Å². The minimum Gasteiger partial charge on any atom is -0.508 e. The van der Waals surface area contributed by atoms with Crippen molar-refractivity contribution in [1.82, 2.24) is 47.2 Å². The van der Waals surface area contributed by atoms with E-state index in [4.69, 9.17) is 17.2 Å². The number of hydrogen-bond acceptors (Lipinski definition) is 14. The fourth-order valence-corrected chi connectivity index (χ4v) is 6.70. The second kappa shape index (κ2) is 29.6. The molecule has 0 saturated carbocycles. The van der Waals surface area contributed by atoms with Gasteiger partial charge in [-0.2, -0.15) is 0 Å². The van der Waals surface area contributed by atoms with E-state index in [0.717, 1.165) is 0 Å². The fraction of sp³-hybridized carbons (Fsp3) is 0.568. The lowest BCUT2D eigenvalue weighted by molar-refractivity contribution is -0.143. The number of imidazole rings is 1. The molecule has 0 saturated heterocycles. The largest absolute Gasteiger partial charge is 0.508 e. The number of aromatic hydroxyl groups is 1. The Hall–Kier alpha value is -7.15. The number of phenolic OH excluding ortho intramolecular Hbond substituents is 1. The number of carboxylic acid groups (broad SMARTS) is 2. The summed E-state index contributed by atoms with van der Waals surface area (Å²) in [5, 5.41) is 46.3. The monoisotopic (exact) mass is 973 g/mol. The number of aromatic nitrogens is 2. The predicted molar refractivity (Wildman–Crippen MR) is 247 cm³/mol. The quantitative estimate of drug-likeness (QED) is 0.0332. The van der Waals surface area contributed by atoms with Crippen molar-refractivity contribution in [3.05, 3.63) is 48.0 Å². The maximum absolute atomic E-state index is 13.9. The lowest BCUT2D eigenvalue weighted by Gasteiger charge is -2.26. The number of benzene rings is 1. The number of amides is 8. The third-order valence-electron chi connectivity index (χ3n) is 10.8. The number of nitrogens with one attached hydrogen (secondary N) is 8. The molecule has 0 bridgehead atoms. The number of carbonyl (C=O) groups is 10. The van der Waals surface area contributed by atoms with Gasteiger partial charge in [-0.25, -0.2) is 9.78 Å². The molecule has 1 heterocycles. The van der Waals surface area contributed by atoms with E-state index in [2.05, 4.69) is 47.2 Å². The first-order valence-electron chi connectivity index (χ1n) is 22.6. The lowest BCUT2D eigenvalue weighted by atomic mass is 9.97. The number of aliphatic carboxylic acids is 2. The summed E-state index contributed by atoms with van der Waals surface area (Å²) in [5.74, 6) is -10.7. The molecule has 0 aliphatic heterocycles. The Kier molecular flexibility index (Phi) is 24.8. The molecule has 25 nitrogen and oxygen atoms in total. The van der Waals surface area contributed by atoms with E-state index in [0.29, 0.717) is 30.5 Å². The zero-order valence-electron chi connectivity index (χ0n) is 39.2. The number of H-pyrrole nitrogens is 1. The molecule has 25 heteroatoms. The van der Waals surface area contributed by atoms with Crippen molar-refractivity contribution in [2.75, 3.05) is 13.1 Å². The van der Waals surface area contributed by atoms with E-state index < -0.39 is 127 Å². The summed E-state index contributed by atoms with van der Waals surface area (Å²) in [4.78, 5) is 137. The van der Waals surface area contributed by atoms with Crippen molar-refractivity contribution in [1.29, 1.82) is 0 Å². The van der Waals surface area contributed by atoms with Crippen LogP contribution < -0.4 is 54.4 Å². The number of hydrogen-bond donors (Lipinski definition) is 14. The van der Waals surface area contributed by atoms with Gasteiger partial charge in [-0.3, -0.25) is 43.2 Å². The van der Waals surface area contributed by atoms with Crippen LogP contribution in [-0.2, 0) is 60.8 Å². The van der Waals surface area contributed by atoms with E-state index >= 15 is 0 Å². The molecule has 0 radical (unpaired) electrons. The molecule has 8 amide bonds. The molecular formula is C44H68N12O13. The van der Waals surface area contributed by atoms with Gasteiger partial charge in [0.25, 0.3) is 0 Å². The van der Waals surface area contributed by atoms with Crippen LogP contribution in [0.4, 0.5) is 0 Å². The van der Waals surface area contributed by atoms with E-state index in [1.165, 1.54) is 36.8 Å². The van der Waals surface area contributed by atoms with Gasteiger partial charge in [0.1, 0.15) is 42.0 Å². The minimum absolute atomic E-state index is 0.00826. The molecule has 382 valence electrons. The van der Waals surface area contributed by atoms with Crippen LogP contribution in [0.2, 0.25) is 0 Å². The molecule has 0 spiro atoms. The standard InChI is InChI=1S/C44H68N12O13/c1-5-24(4)37(47)43(67)56-30(16-23(2)3)38(62)49-21-35(59)51-32(18-26-20-48-22-50-26)41(65)52-28(13-14-34(46)58)39(63)55-33(19-36(60)61)42(66)54-31(17-25-9-11-27(57)12-10-25)40(64)53-29(44(68)69)8-6-7-15-45/h9-12,20,22-24,28-33,37,57H,5-8,13-19,21,45,47H2,1-4H3,(H2,46,58)(H,48,50)(H,49,62)(H,51,59)(H,52,65)(H,53,64)(H,54,66)(H,55,63)(H,56,67)(H,60,61)(H,68,69)/t24-,28+,29+,30+,31+,32+,33+,37+/m0/s1. The second-order valence-electron chi connectivity index (χ2n) is 17.1. The molecular weight excluding hydrogens is 905 g/mol. The van der Waals surface area contributed by atoms with Crippen molar-refractivity contribution >= 4 is 59.2 Å². The second-order valence-corrected chi connectivity index (χ2v) is 17.1. The van der Waals surface area contributed by atoms with Crippen LogP contribution in [0.1, 0.15) is 90.3 Å². The van der Waals surface area contributed by atoms with Crippen molar-refractivity contribution in [2.45, 2.75) is 134 Å². The zero-order valence-corrected chi connectivity index (χ0v) is 39.2. The molecule has 1 aromatic carbocycles. The molecule has 2 aromatic rings. The summed E-state index contributed by atoms with van der Waals surface area (Å²) in [5.41, 5.74) is 17.7. The highest BCUT2D eigenvalue weighted by molar-refractivity contribution is 5.98. The van der Waals surface area contributed by atoms with Gasteiger partial charge in [-0.15, -0.1) is 0 Å². The Morgan fingerprint density at radius 3 is 1.81 bits per heavy atom. The Labute approximate surface area is 399 Å². The molecule has 1 aromatic heterocycles. The summed E-state index contributed by atoms with van der Waals surface area (Å²) in [6.07, 6.45) is 1.69. The summed E-state index contributed by atoms with van der Waals surface area (Å²) >= 11 is 0. The molecule has 69 heavy (non-hydrogen) atoms. The van der Waals surface area contributed by atoms with Crippen LogP contribution in [0, 0.1) is 11.8 Å². The first-order chi connectivity index (χ1) is 32.5. The minimum atomic E-state index is -1.93. The maximum Gasteiger partial charge on any atom is 0.326 e. The predicted octanol–water partition coefficient (Wildman–Crippen LogP) is -2.70. The van der Waals surface area contributed by atoms with Crippen LogP contribution in [-0.4, -0.2) is 140 Å². The van der Waals surface area contributed by atoms with E-state index in [1.807, 2.05) is 20.8 Å². The number of nitrogens with two attached hydrogens (primary N) is 3. The molecule has 17 N–H and O–H groups in total. The summed E-state index contributed by atoms with van der Waals surface area (Å²) < 4.78 is 0. The molecule has 0 aliphatic rings. The SMILES string of the molecule is CC[C@H](C)[C@@H](N)C(=O)N[C@H](CC(C)C)C(=O)NCC(=O)N[C@H](Cc1cnc[nH]1)C(=O)N[C@H](CCC(N)=O)C(=O)N[C@H](CC(=O)O)C(=O)N[C@H](Cc1ccc(O)cc1)C(=O)N[C@H](CCCCN)C(=O)O. The van der Waals surface area contributed by atoms with Gasteiger partial charge in [0.2, 0.25) is 47.3 Å². The first-order valence-corrected chi connectivity index (χ1v) is 22.6. The third-order valence-corrected chi connectivity index (χ3v) is 10.8. The smallest absolute Gasteiger partial charge is 0.326 e. The van der Waals surface area contributed by atoms with Crippen LogP contribution >= 0.6 is 0 Å². The van der Waals surface area contributed by atoms with E-state index in [1.54, 1.807) is 6.92 Å². The van der Waals surface area contributed by atoms with Crippen LogP contribution in [0.25, 0.3) is 0 Å². The number of phenols is 1. The molecule has 0 unspecified atom stereocenters. The average molecular weight is 973 g/mol. The fourth-order valence-electron chi connectivity index (χ4n) is 6.70. The molecule has 8 atom stereocenters. The molecule has 0 fully saturated rings. The average Bonchev–Trinajstić information content (AvgIpc) is 3.81. The first kappa shape index (κ1) is 58.0. The van der Waals surface area contributed by atoms with Gasteiger partial charge in [-0.1, -0.05) is 46.2 Å². The van der Waals surface area contributed by atoms with Crippen molar-refractivity contribution < 1.29 is 63.3 Å². The van der Waals surface area contributed by atoms with Crippen LogP contribution in [0.3, 0.4) is 0 Å². The molecule has 0 aliphatic carbocycles. The lowest BCUT2D eigenvalue weighted by Crippen LogP contribution is -2.60. The van der Waals surface area contributed by atoms with Gasteiger partial charge < -0.3 is 74.7 Å². The van der Waals surface area contributed by atoms with Gasteiger partial charge >= 0.3 is 11.9 Å². The van der Waals surface area contributed by atoms with Gasteiger partial charge in [0, 0.05) is 31.2 Å². The van der Waals surface area contributed by atoms with Crippen LogP contribution in [0.5, 0.6) is 5.75 Å². The van der Waals surface area contributed by atoms with E-state index in [9.17, 15) is 63.3 Å². The summed E-state index contributed by atoms with van der Waals surface area (Å²) in [6, 6.07) is -4.55. The summed E-state index contributed by atoms with van der Waals surface area (Å²) in [7, 11) is 0. The highest BCUT2D eigenvalue weighted by Gasteiger charge is 2.34. The number of rotatable bonds is 32. The third kappa shape index (κ3) is 21.6. The zero-order chi connectivity index (χ0) is 51.8. The van der Waals surface area contributed by atoms with Gasteiger partial charge in [0.15, 0.2) is 0 Å². The number of unbranched alkanes of at least 4 members (excludes halogenated alkanes) is 1. The van der Waals surface area contributed by atoms with Gasteiger partial charge in [0.05, 0.1) is 25.3 Å². The maximum atomic E-state index is 13.9. The number of carboxylic acids is 2. The number of carbonyl (C=O) groups excluding carboxylic acids is 8. The van der Waals surface area contributed by atoms with E-state index in [-0.39, 0.29) is 49.8 Å². The van der Waals surface area contributed by atoms with Crippen molar-refractivity contribution in [3.63, 3.8) is 0 Å². The van der Waals surface area contributed by atoms with Crippen molar-refractivity contribution in [3.8, 4) is 5.75 Å². The summed E-state index contributed by atoms with van der Waals surface area (Å²) in [6.45, 7) is 6.92. The Bertz CT molecular complexity index is 2050. The Balaban J connectivity index is 2.36. The van der Waals surface area contributed by atoms with Gasteiger partial charge in [-0.05, 0) is 68.2 Å². The Morgan fingerprint density at radius 1 is 0.696 bits per heavy atom. The Morgan fingerprint density at radius 2 is 1.26 bits per heavy atom. The van der Waals surface area contributed by atoms with Crippen LogP contribution in [0.15, 0.2) is 36.8 Å². The van der Waals surface area contributed by atoms with Crippen molar-refractivity contribution in [2.24, 2.45) is 29.0 Å². The number of nitrogens with zero attached hydrogens (tertiary/aromatic N) is 1. The highest BCUT2D eigenvalue weighted by Crippen LogP contribution is 2.14. The molecule has 2 rings (SSSR count). The normalized spacial score (nSPS) is 14.5. The number of aromatic amines is 1. The number of primary amides is 1. The highest BCUT2D eigenvalue weighted by atomic mass is 16.4.